The van der Waals surface area contributed by atoms with E-state index in [0.29, 0.717) is 18.3 Å². The van der Waals surface area contributed by atoms with Crippen molar-refractivity contribution < 1.29 is 0 Å². The fourth-order valence-corrected chi connectivity index (χ4v) is 1.50. The Hall–Kier alpha value is -2.13. The lowest BCUT2D eigenvalue weighted by molar-refractivity contribution is 0.799. The van der Waals surface area contributed by atoms with Gasteiger partial charge in [0, 0.05) is 24.9 Å². The van der Waals surface area contributed by atoms with Crippen LogP contribution in [0.4, 0.5) is 5.95 Å². The molecule has 0 aliphatic rings. The van der Waals surface area contributed by atoms with E-state index >= 15 is 0 Å². The lowest BCUT2D eigenvalue weighted by Crippen LogP contribution is -2.17. The second-order valence-electron chi connectivity index (χ2n) is 3.65. The van der Waals surface area contributed by atoms with Crippen molar-refractivity contribution >= 4 is 17.5 Å². The number of rotatable bonds is 4. The number of terminal acetylenes is 1. The van der Waals surface area contributed by atoms with Crippen molar-refractivity contribution in [3.8, 4) is 18.3 Å². The van der Waals surface area contributed by atoms with Gasteiger partial charge in [0.2, 0.25) is 17.2 Å². The largest absolute Gasteiger partial charge is 0.351 e. The molecular weight excluding hydrogens is 252 g/mol. The molecular formula is C11H11ClN6. The standard InChI is InChI=1S/C11H11ClN6/c1-3-4-8(2)14-10-15-9(12)16-11(17-10)18-6-5-13-7-18/h1,5-8H,4H2,2H3,(H,14,15,16,17). The highest BCUT2D eigenvalue weighted by atomic mass is 35.5. The summed E-state index contributed by atoms with van der Waals surface area (Å²) < 4.78 is 1.64. The van der Waals surface area contributed by atoms with Crippen LogP contribution in [0.5, 0.6) is 0 Å². The number of halogens is 1. The summed E-state index contributed by atoms with van der Waals surface area (Å²) in [6.07, 6.45) is 10.7. The Kier molecular flexibility index (Phi) is 3.75. The van der Waals surface area contributed by atoms with Crippen molar-refractivity contribution in [1.82, 2.24) is 24.5 Å². The van der Waals surface area contributed by atoms with Crippen LogP contribution in [0.3, 0.4) is 0 Å². The molecule has 0 bridgehead atoms. The quantitative estimate of drug-likeness (QED) is 0.847. The van der Waals surface area contributed by atoms with E-state index in [0.717, 1.165) is 0 Å². The highest BCUT2D eigenvalue weighted by Gasteiger charge is 2.08. The molecule has 2 rings (SSSR count). The molecule has 1 atom stereocenters. The zero-order valence-corrected chi connectivity index (χ0v) is 10.5. The Morgan fingerprint density at radius 1 is 1.50 bits per heavy atom. The zero-order chi connectivity index (χ0) is 13.0. The molecule has 18 heavy (non-hydrogen) atoms. The number of anilines is 1. The summed E-state index contributed by atoms with van der Waals surface area (Å²) in [7, 11) is 0. The van der Waals surface area contributed by atoms with E-state index in [-0.39, 0.29) is 11.3 Å². The molecule has 2 heterocycles. The van der Waals surface area contributed by atoms with E-state index in [4.69, 9.17) is 18.0 Å². The van der Waals surface area contributed by atoms with Crippen LogP contribution in [-0.2, 0) is 0 Å². The van der Waals surface area contributed by atoms with E-state index in [2.05, 4.69) is 31.2 Å². The van der Waals surface area contributed by atoms with E-state index in [9.17, 15) is 0 Å². The molecule has 0 saturated carbocycles. The molecule has 2 aromatic heterocycles. The van der Waals surface area contributed by atoms with Crippen molar-refractivity contribution in [2.75, 3.05) is 5.32 Å². The number of nitrogens with one attached hydrogen (secondary N) is 1. The van der Waals surface area contributed by atoms with Crippen LogP contribution in [-0.4, -0.2) is 30.5 Å². The average Bonchev–Trinajstić information content (AvgIpc) is 2.81. The highest BCUT2D eigenvalue weighted by molar-refractivity contribution is 6.28. The number of nitrogens with zero attached hydrogens (tertiary/aromatic N) is 5. The Morgan fingerprint density at radius 3 is 3.00 bits per heavy atom. The Morgan fingerprint density at radius 2 is 2.33 bits per heavy atom. The SMILES string of the molecule is C#CCC(C)Nc1nc(Cl)nc(-n2ccnc2)n1. The van der Waals surface area contributed by atoms with Crippen molar-refractivity contribution in [1.29, 1.82) is 0 Å². The summed E-state index contributed by atoms with van der Waals surface area (Å²) in [6.45, 7) is 1.94. The Labute approximate surface area is 109 Å². The third-order valence-corrected chi connectivity index (χ3v) is 2.30. The molecule has 0 aromatic carbocycles. The van der Waals surface area contributed by atoms with Crippen molar-refractivity contribution in [3.63, 3.8) is 0 Å². The molecule has 0 spiro atoms. The third kappa shape index (κ3) is 2.96. The van der Waals surface area contributed by atoms with Crippen LogP contribution < -0.4 is 5.32 Å². The molecule has 0 aliphatic heterocycles. The maximum atomic E-state index is 5.85. The van der Waals surface area contributed by atoms with Gasteiger partial charge in [0.1, 0.15) is 6.33 Å². The fraction of sp³-hybridized carbons (Fsp3) is 0.273. The van der Waals surface area contributed by atoms with E-state index < -0.39 is 0 Å². The fourth-order valence-electron chi connectivity index (χ4n) is 1.35. The Balaban J connectivity index is 2.25. The van der Waals surface area contributed by atoms with Gasteiger partial charge in [-0.05, 0) is 18.5 Å². The lowest BCUT2D eigenvalue weighted by Gasteiger charge is -2.11. The first-order valence-corrected chi connectivity index (χ1v) is 5.66. The molecule has 0 aliphatic carbocycles. The van der Waals surface area contributed by atoms with Crippen molar-refractivity contribution in [2.45, 2.75) is 19.4 Å². The van der Waals surface area contributed by atoms with Gasteiger partial charge in [-0.15, -0.1) is 12.3 Å². The summed E-state index contributed by atoms with van der Waals surface area (Å²) in [6, 6.07) is 0.0594. The number of imidazole rings is 1. The first-order valence-electron chi connectivity index (χ1n) is 5.29. The Bertz CT molecular complexity index is 559. The summed E-state index contributed by atoms with van der Waals surface area (Å²) in [5.41, 5.74) is 0. The summed E-state index contributed by atoms with van der Waals surface area (Å²) in [5.74, 6) is 3.36. The molecule has 2 aromatic rings. The minimum absolute atomic E-state index is 0.0594. The minimum atomic E-state index is 0.0594. The maximum Gasteiger partial charge on any atom is 0.241 e. The minimum Gasteiger partial charge on any atom is -0.351 e. The molecule has 6 nitrogen and oxygen atoms in total. The number of hydrogen-bond donors (Lipinski definition) is 1. The van der Waals surface area contributed by atoms with Gasteiger partial charge >= 0.3 is 0 Å². The van der Waals surface area contributed by atoms with Gasteiger partial charge < -0.3 is 5.32 Å². The molecule has 7 heteroatoms. The van der Waals surface area contributed by atoms with Gasteiger partial charge in [-0.1, -0.05) is 0 Å². The van der Waals surface area contributed by atoms with E-state index in [1.165, 1.54) is 0 Å². The van der Waals surface area contributed by atoms with Crippen LogP contribution >= 0.6 is 11.6 Å². The molecule has 0 saturated heterocycles. The summed E-state index contributed by atoms with van der Waals surface area (Å²) in [4.78, 5) is 16.2. The molecule has 92 valence electrons. The summed E-state index contributed by atoms with van der Waals surface area (Å²) in [5, 5.41) is 3.18. The van der Waals surface area contributed by atoms with Crippen molar-refractivity contribution in [2.24, 2.45) is 0 Å². The number of hydrogen-bond acceptors (Lipinski definition) is 5. The molecule has 0 amide bonds. The predicted octanol–water partition coefficient (Wildman–Crippen LogP) is 1.53. The van der Waals surface area contributed by atoms with Gasteiger partial charge in [0.15, 0.2) is 0 Å². The van der Waals surface area contributed by atoms with Gasteiger partial charge in [-0.25, -0.2) is 4.98 Å². The van der Waals surface area contributed by atoms with Crippen LogP contribution in [0.25, 0.3) is 5.95 Å². The van der Waals surface area contributed by atoms with Crippen LogP contribution in [0, 0.1) is 12.3 Å². The first-order chi connectivity index (χ1) is 8.69. The second-order valence-corrected chi connectivity index (χ2v) is 3.99. The van der Waals surface area contributed by atoms with Gasteiger partial charge in [-0.2, -0.15) is 15.0 Å². The van der Waals surface area contributed by atoms with Crippen LogP contribution in [0.2, 0.25) is 5.28 Å². The molecule has 1 unspecified atom stereocenters. The smallest absolute Gasteiger partial charge is 0.241 e. The zero-order valence-electron chi connectivity index (χ0n) is 9.71. The van der Waals surface area contributed by atoms with Crippen LogP contribution in [0.15, 0.2) is 18.7 Å². The topological polar surface area (TPSA) is 68.5 Å². The monoisotopic (exact) mass is 262 g/mol. The lowest BCUT2D eigenvalue weighted by atomic mass is 10.2. The predicted molar refractivity (Wildman–Crippen MR) is 68.5 cm³/mol. The molecule has 0 fully saturated rings. The molecule has 0 radical (unpaired) electrons. The first kappa shape index (κ1) is 12.3. The molecule has 1 N–H and O–H groups in total. The highest BCUT2D eigenvalue weighted by Crippen LogP contribution is 2.10. The second kappa shape index (κ2) is 5.47. The summed E-state index contributed by atoms with van der Waals surface area (Å²) >= 11 is 5.85. The normalized spacial score (nSPS) is 11.8. The maximum absolute atomic E-state index is 5.85. The van der Waals surface area contributed by atoms with Gasteiger partial charge in [0.25, 0.3) is 0 Å². The average molecular weight is 263 g/mol. The van der Waals surface area contributed by atoms with E-state index in [1.54, 1.807) is 23.3 Å². The van der Waals surface area contributed by atoms with Gasteiger partial charge in [0.05, 0.1) is 0 Å². The number of aromatic nitrogens is 5. The third-order valence-electron chi connectivity index (χ3n) is 2.13. The van der Waals surface area contributed by atoms with Crippen LogP contribution in [0.1, 0.15) is 13.3 Å². The van der Waals surface area contributed by atoms with Gasteiger partial charge in [-0.3, -0.25) is 4.57 Å². The van der Waals surface area contributed by atoms with E-state index in [1.807, 2.05) is 6.92 Å². The van der Waals surface area contributed by atoms with Crippen molar-refractivity contribution in [3.05, 3.63) is 24.0 Å².